The van der Waals surface area contributed by atoms with Gasteiger partial charge in [-0.25, -0.2) is 4.98 Å². The number of piperazine rings is 1. The van der Waals surface area contributed by atoms with E-state index in [4.69, 9.17) is 0 Å². The third kappa shape index (κ3) is 2.96. The third-order valence-corrected chi connectivity index (χ3v) is 2.51. The normalized spacial score (nSPS) is 15.5. The second-order valence-corrected chi connectivity index (χ2v) is 3.87. The van der Waals surface area contributed by atoms with Crippen LogP contribution in [0.3, 0.4) is 0 Å². The number of nitrogens with one attached hydrogen (secondary N) is 1. The summed E-state index contributed by atoms with van der Waals surface area (Å²) >= 11 is 0. The Bertz CT molecular complexity index is 325. The molecule has 2 heterocycles. The van der Waals surface area contributed by atoms with Crippen molar-refractivity contribution in [3.05, 3.63) is 12.4 Å². The van der Waals surface area contributed by atoms with Gasteiger partial charge in [-0.3, -0.25) is 4.98 Å². The zero-order chi connectivity index (χ0) is 10.7. The lowest BCUT2D eigenvalue weighted by Crippen LogP contribution is -2.44. The molecule has 1 aliphatic heterocycles. The van der Waals surface area contributed by atoms with Crippen molar-refractivity contribution >= 4 is 24.0 Å². The SMILES string of the molecule is CN(C)c1cncc(N2CCNCC2)n1.Cl. The van der Waals surface area contributed by atoms with Gasteiger partial charge in [-0.2, -0.15) is 0 Å². The monoisotopic (exact) mass is 243 g/mol. The van der Waals surface area contributed by atoms with Crippen LogP contribution in [0.5, 0.6) is 0 Å². The van der Waals surface area contributed by atoms with Crippen molar-refractivity contribution in [3.8, 4) is 0 Å². The number of hydrogen-bond donors (Lipinski definition) is 1. The molecule has 1 saturated heterocycles. The fourth-order valence-electron chi connectivity index (χ4n) is 1.61. The van der Waals surface area contributed by atoms with Gasteiger partial charge in [-0.05, 0) is 0 Å². The molecule has 16 heavy (non-hydrogen) atoms. The van der Waals surface area contributed by atoms with Crippen molar-refractivity contribution < 1.29 is 0 Å². The lowest BCUT2D eigenvalue weighted by molar-refractivity contribution is 0.584. The molecule has 0 unspecified atom stereocenters. The van der Waals surface area contributed by atoms with E-state index in [2.05, 4.69) is 20.2 Å². The highest BCUT2D eigenvalue weighted by Gasteiger charge is 2.12. The van der Waals surface area contributed by atoms with Crippen molar-refractivity contribution in [3.63, 3.8) is 0 Å². The summed E-state index contributed by atoms with van der Waals surface area (Å²) in [6.45, 7) is 4.05. The zero-order valence-corrected chi connectivity index (χ0v) is 10.5. The molecule has 1 aromatic rings. The van der Waals surface area contributed by atoms with Crippen molar-refractivity contribution in [1.29, 1.82) is 0 Å². The van der Waals surface area contributed by atoms with Crippen LogP contribution in [0.15, 0.2) is 12.4 Å². The van der Waals surface area contributed by atoms with Gasteiger partial charge in [0, 0.05) is 40.3 Å². The van der Waals surface area contributed by atoms with Gasteiger partial charge >= 0.3 is 0 Å². The molecule has 0 atom stereocenters. The van der Waals surface area contributed by atoms with Crippen LogP contribution in [-0.2, 0) is 0 Å². The fourth-order valence-corrected chi connectivity index (χ4v) is 1.61. The molecule has 5 nitrogen and oxygen atoms in total. The summed E-state index contributed by atoms with van der Waals surface area (Å²) in [6.07, 6.45) is 3.62. The minimum Gasteiger partial charge on any atom is -0.361 e. The molecule has 6 heteroatoms. The first-order valence-electron chi connectivity index (χ1n) is 5.22. The highest BCUT2D eigenvalue weighted by atomic mass is 35.5. The van der Waals surface area contributed by atoms with E-state index in [1.165, 1.54) is 0 Å². The summed E-state index contributed by atoms with van der Waals surface area (Å²) < 4.78 is 0. The lowest BCUT2D eigenvalue weighted by Gasteiger charge is -2.28. The largest absolute Gasteiger partial charge is 0.361 e. The summed E-state index contributed by atoms with van der Waals surface area (Å²) in [6, 6.07) is 0. The maximum Gasteiger partial charge on any atom is 0.149 e. The fraction of sp³-hybridized carbons (Fsp3) is 0.600. The predicted octanol–water partition coefficient (Wildman–Crippen LogP) is 0.374. The highest BCUT2D eigenvalue weighted by molar-refractivity contribution is 5.85. The second kappa shape index (κ2) is 5.86. The van der Waals surface area contributed by atoms with Crippen LogP contribution < -0.4 is 15.1 Å². The second-order valence-electron chi connectivity index (χ2n) is 3.87. The molecule has 0 aromatic carbocycles. The first-order chi connectivity index (χ1) is 7.27. The summed E-state index contributed by atoms with van der Waals surface area (Å²) in [7, 11) is 3.96. The van der Waals surface area contributed by atoms with Crippen LogP contribution in [0.4, 0.5) is 11.6 Å². The molecule has 90 valence electrons. The van der Waals surface area contributed by atoms with Gasteiger partial charge in [-0.15, -0.1) is 12.4 Å². The standard InChI is InChI=1S/C10H17N5.ClH/c1-14(2)9-7-12-8-10(13-9)15-5-3-11-4-6-15;/h7-8,11H,3-6H2,1-2H3;1H. The average molecular weight is 244 g/mol. The van der Waals surface area contributed by atoms with E-state index < -0.39 is 0 Å². The Morgan fingerprint density at radius 1 is 1.25 bits per heavy atom. The molecule has 1 aromatic heterocycles. The Morgan fingerprint density at radius 2 is 1.94 bits per heavy atom. The van der Waals surface area contributed by atoms with Gasteiger partial charge in [0.1, 0.15) is 11.6 Å². The summed E-state index contributed by atoms with van der Waals surface area (Å²) in [4.78, 5) is 13.0. The topological polar surface area (TPSA) is 44.3 Å². The lowest BCUT2D eigenvalue weighted by atomic mass is 10.3. The van der Waals surface area contributed by atoms with E-state index in [0.29, 0.717) is 0 Å². The minimum absolute atomic E-state index is 0. The molecule has 1 aliphatic rings. The van der Waals surface area contributed by atoms with E-state index in [1.807, 2.05) is 25.2 Å². The van der Waals surface area contributed by atoms with Crippen LogP contribution in [0, 0.1) is 0 Å². The zero-order valence-electron chi connectivity index (χ0n) is 9.68. The van der Waals surface area contributed by atoms with Gasteiger partial charge in [0.15, 0.2) is 0 Å². The molecule has 1 N–H and O–H groups in total. The molecule has 0 saturated carbocycles. The Morgan fingerprint density at radius 3 is 2.56 bits per heavy atom. The smallest absolute Gasteiger partial charge is 0.149 e. The van der Waals surface area contributed by atoms with Crippen LogP contribution >= 0.6 is 12.4 Å². The first kappa shape index (κ1) is 13.0. The molecule has 0 spiro atoms. The van der Waals surface area contributed by atoms with E-state index in [9.17, 15) is 0 Å². The van der Waals surface area contributed by atoms with Gasteiger partial charge in [0.2, 0.25) is 0 Å². The molecule has 0 radical (unpaired) electrons. The van der Waals surface area contributed by atoms with E-state index in [1.54, 1.807) is 6.20 Å². The summed E-state index contributed by atoms with van der Waals surface area (Å²) in [5, 5.41) is 3.32. The number of halogens is 1. The van der Waals surface area contributed by atoms with Crippen LogP contribution in [0.25, 0.3) is 0 Å². The molecule has 2 rings (SSSR count). The molecule has 1 fully saturated rings. The van der Waals surface area contributed by atoms with Crippen molar-refractivity contribution in [1.82, 2.24) is 15.3 Å². The molecule has 0 bridgehead atoms. The molecule has 0 aliphatic carbocycles. The molecular weight excluding hydrogens is 226 g/mol. The average Bonchev–Trinajstić information content (AvgIpc) is 2.30. The van der Waals surface area contributed by atoms with E-state index in [0.717, 1.165) is 37.8 Å². The Hall–Kier alpha value is -1.07. The Kier molecular flexibility index (Phi) is 4.76. The highest BCUT2D eigenvalue weighted by Crippen LogP contribution is 2.14. The number of anilines is 2. The van der Waals surface area contributed by atoms with Crippen LogP contribution in [-0.4, -0.2) is 50.2 Å². The van der Waals surface area contributed by atoms with Gasteiger partial charge < -0.3 is 15.1 Å². The van der Waals surface area contributed by atoms with Gasteiger partial charge in [0.05, 0.1) is 12.4 Å². The van der Waals surface area contributed by atoms with Crippen LogP contribution in [0.1, 0.15) is 0 Å². The maximum atomic E-state index is 4.56. The van der Waals surface area contributed by atoms with Crippen molar-refractivity contribution in [2.45, 2.75) is 0 Å². The van der Waals surface area contributed by atoms with Crippen molar-refractivity contribution in [2.75, 3.05) is 50.1 Å². The minimum atomic E-state index is 0. The number of aromatic nitrogens is 2. The third-order valence-electron chi connectivity index (χ3n) is 2.51. The number of rotatable bonds is 2. The van der Waals surface area contributed by atoms with E-state index >= 15 is 0 Å². The van der Waals surface area contributed by atoms with Gasteiger partial charge in [0.25, 0.3) is 0 Å². The summed E-state index contributed by atoms with van der Waals surface area (Å²) in [5.41, 5.74) is 0. The van der Waals surface area contributed by atoms with E-state index in [-0.39, 0.29) is 12.4 Å². The first-order valence-corrected chi connectivity index (χ1v) is 5.22. The van der Waals surface area contributed by atoms with Gasteiger partial charge in [-0.1, -0.05) is 0 Å². The number of nitrogens with zero attached hydrogens (tertiary/aromatic N) is 4. The quantitative estimate of drug-likeness (QED) is 0.814. The maximum absolute atomic E-state index is 4.56. The Labute approximate surface area is 102 Å². The number of hydrogen-bond acceptors (Lipinski definition) is 5. The predicted molar refractivity (Wildman–Crippen MR) is 68.7 cm³/mol. The van der Waals surface area contributed by atoms with Crippen LogP contribution in [0.2, 0.25) is 0 Å². The van der Waals surface area contributed by atoms with Crippen molar-refractivity contribution in [2.24, 2.45) is 0 Å². The molecule has 0 amide bonds. The summed E-state index contributed by atoms with van der Waals surface area (Å²) in [5.74, 6) is 1.88. The molecular formula is C10H18ClN5. The Balaban J connectivity index is 0.00000128.